The van der Waals surface area contributed by atoms with Crippen molar-refractivity contribution in [1.29, 1.82) is 0 Å². The summed E-state index contributed by atoms with van der Waals surface area (Å²) in [6.45, 7) is 4.07. The lowest BCUT2D eigenvalue weighted by atomic mass is 10.1. The zero-order valence-electron chi connectivity index (χ0n) is 11.6. The van der Waals surface area contributed by atoms with E-state index in [4.69, 9.17) is 5.73 Å². The predicted molar refractivity (Wildman–Crippen MR) is 80.1 cm³/mol. The minimum Gasteiger partial charge on any atom is -0.398 e. The fraction of sp³-hybridized carbons (Fsp3) is 0.500. The zero-order chi connectivity index (χ0) is 13.7. The Bertz CT molecular complexity index is 420. The summed E-state index contributed by atoms with van der Waals surface area (Å²) in [5, 5.41) is 0. The molecule has 0 fully saturated rings. The van der Waals surface area contributed by atoms with Crippen molar-refractivity contribution in [2.45, 2.75) is 26.3 Å². The highest BCUT2D eigenvalue weighted by Crippen LogP contribution is 2.18. The van der Waals surface area contributed by atoms with Gasteiger partial charge in [0.15, 0.2) is 0 Å². The predicted octanol–water partition coefficient (Wildman–Crippen LogP) is 2.79. The van der Waals surface area contributed by atoms with Crippen molar-refractivity contribution in [3.63, 3.8) is 0 Å². The van der Waals surface area contributed by atoms with E-state index in [1.54, 1.807) is 16.7 Å². The summed E-state index contributed by atoms with van der Waals surface area (Å²) in [6, 6.07) is 5.84. The molecule has 3 nitrogen and oxygen atoms in total. The maximum Gasteiger partial charge on any atom is 0.255 e. The van der Waals surface area contributed by atoms with E-state index in [-0.39, 0.29) is 11.9 Å². The molecule has 0 aliphatic heterocycles. The molecule has 0 aliphatic rings. The Morgan fingerprint density at radius 2 is 2.17 bits per heavy atom. The third kappa shape index (κ3) is 3.42. The summed E-state index contributed by atoms with van der Waals surface area (Å²) in [5.74, 6) is 0.957. The number of carbonyl (C=O) groups is 1. The number of benzene rings is 1. The topological polar surface area (TPSA) is 46.3 Å². The van der Waals surface area contributed by atoms with Crippen LogP contribution in [0.15, 0.2) is 18.2 Å². The number of aryl methyl sites for hydroxylation is 1. The van der Waals surface area contributed by atoms with Gasteiger partial charge in [-0.3, -0.25) is 4.79 Å². The van der Waals surface area contributed by atoms with Crippen molar-refractivity contribution in [3.05, 3.63) is 29.3 Å². The summed E-state index contributed by atoms with van der Waals surface area (Å²) in [7, 11) is 1.85. The number of hydrogen-bond acceptors (Lipinski definition) is 3. The number of carbonyl (C=O) groups excluding carboxylic acids is 1. The zero-order valence-corrected chi connectivity index (χ0v) is 12.4. The first-order chi connectivity index (χ1) is 8.51. The molecule has 0 saturated heterocycles. The minimum absolute atomic E-state index is 0.00778. The Morgan fingerprint density at radius 3 is 2.67 bits per heavy atom. The van der Waals surface area contributed by atoms with Crippen LogP contribution in [0.3, 0.4) is 0 Å². The number of nitrogens with two attached hydrogens (primary N) is 1. The van der Waals surface area contributed by atoms with Gasteiger partial charge in [-0.05, 0) is 37.3 Å². The van der Waals surface area contributed by atoms with Crippen molar-refractivity contribution in [2.24, 2.45) is 0 Å². The Hall–Kier alpha value is -1.16. The van der Waals surface area contributed by atoms with Crippen molar-refractivity contribution >= 4 is 23.4 Å². The Labute approximate surface area is 114 Å². The Kier molecular flexibility index (Phi) is 5.54. The van der Waals surface area contributed by atoms with E-state index in [2.05, 4.69) is 13.2 Å². The molecule has 18 heavy (non-hydrogen) atoms. The van der Waals surface area contributed by atoms with Crippen LogP contribution < -0.4 is 5.73 Å². The third-order valence-electron chi connectivity index (χ3n) is 3.14. The number of rotatable bonds is 5. The molecular formula is C14H22N2OS. The maximum absolute atomic E-state index is 12.4. The molecule has 2 N–H and O–H groups in total. The normalized spacial score (nSPS) is 12.2. The second-order valence-corrected chi connectivity index (χ2v) is 5.43. The van der Waals surface area contributed by atoms with Gasteiger partial charge in [-0.15, -0.1) is 0 Å². The molecule has 0 aliphatic carbocycles. The fourth-order valence-electron chi connectivity index (χ4n) is 1.93. The number of hydrogen-bond donors (Lipinski definition) is 1. The summed E-state index contributed by atoms with van der Waals surface area (Å²) in [6.07, 6.45) is 3.01. The minimum atomic E-state index is 0.00778. The van der Waals surface area contributed by atoms with Crippen LogP contribution >= 0.6 is 11.8 Å². The smallest absolute Gasteiger partial charge is 0.255 e. The van der Waals surface area contributed by atoms with Gasteiger partial charge >= 0.3 is 0 Å². The van der Waals surface area contributed by atoms with Gasteiger partial charge in [-0.25, -0.2) is 0 Å². The van der Waals surface area contributed by atoms with Gasteiger partial charge < -0.3 is 10.6 Å². The van der Waals surface area contributed by atoms with Gasteiger partial charge in [-0.2, -0.15) is 11.8 Å². The van der Waals surface area contributed by atoms with Crippen LogP contribution in [0.2, 0.25) is 0 Å². The van der Waals surface area contributed by atoms with Crippen LogP contribution in [-0.4, -0.2) is 35.9 Å². The van der Waals surface area contributed by atoms with Crippen LogP contribution in [0.4, 0.5) is 5.69 Å². The first-order valence-corrected chi connectivity index (χ1v) is 7.52. The molecule has 0 radical (unpaired) electrons. The van der Waals surface area contributed by atoms with Crippen molar-refractivity contribution in [1.82, 2.24) is 4.90 Å². The van der Waals surface area contributed by atoms with Crippen LogP contribution in [0, 0.1) is 6.92 Å². The van der Waals surface area contributed by atoms with Crippen LogP contribution in [0.1, 0.15) is 29.3 Å². The van der Waals surface area contributed by atoms with E-state index in [0.29, 0.717) is 11.3 Å². The largest absolute Gasteiger partial charge is 0.398 e. The number of thioether (sulfide) groups is 1. The molecule has 0 bridgehead atoms. The molecule has 0 spiro atoms. The standard InChI is InChI=1S/C14H22N2OS/c1-5-11(9-18-4)16(3)14(17)12-7-6-10(2)8-13(12)15/h6-8,11H,5,9,15H2,1-4H3. The van der Waals surface area contributed by atoms with Crippen molar-refractivity contribution in [3.8, 4) is 0 Å². The second kappa shape index (κ2) is 6.69. The van der Waals surface area contributed by atoms with Gasteiger partial charge in [0.05, 0.1) is 5.56 Å². The first-order valence-electron chi connectivity index (χ1n) is 6.13. The molecule has 4 heteroatoms. The molecule has 0 aromatic heterocycles. The average molecular weight is 266 g/mol. The van der Waals surface area contributed by atoms with E-state index in [9.17, 15) is 4.79 Å². The molecule has 0 heterocycles. The highest BCUT2D eigenvalue weighted by atomic mass is 32.2. The fourth-order valence-corrected chi connectivity index (χ4v) is 2.77. The summed E-state index contributed by atoms with van der Waals surface area (Å²) >= 11 is 1.76. The number of nitrogen functional groups attached to an aromatic ring is 1. The summed E-state index contributed by atoms with van der Waals surface area (Å²) < 4.78 is 0. The van der Waals surface area contributed by atoms with Gasteiger partial charge in [0.1, 0.15) is 0 Å². The molecule has 100 valence electrons. The van der Waals surface area contributed by atoms with Gasteiger partial charge in [0, 0.05) is 24.5 Å². The van der Waals surface area contributed by atoms with E-state index < -0.39 is 0 Å². The molecule has 1 atom stereocenters. The first kappa shape index (κ1) is 14.9. The van der Waals surface area contributed by atoms with Crippen molar-refractivity contribution < 1.29 is 4.79 Å². The van der Waals surface area contributed by atoms with Gasteiger partial charge in [0.25, 0.3) is 5.91 Å². The van der Waals surface area contributed by atoms with Crippen LogP contribution in [0.25, 0.3) is 0 Å². The van der Waals surface area contributed by atoms with Crippen molar-refractivity contribution in [2.75, 3.05) is 24.8 Å². The van der Waals surface area contributed by atoms with Gasteiger partial charge in [0.2, 0.25) is 0 Å². The van der Waals surface area contributed by atoms with E-state index in [1.165, 1.54) is 0 Å². The number of nitrogens with zero attached hydrogens (tertiary/aromatic N) is 1. The maximum atomic E-state index is 12.4. The molecule has 0 saturated carbocycles. The monoisotopic (exact) mass is 266 g/mol. The van der Waals surface area contributed by atoms with Crippen LogP contribution in [0.5, 0.6) is 0 Å². The molecule has 1 unspecified atom stereocenters. The Balaban J connectivity index is 2.91. The highest BCUT2D eigenvalue weighted by Gasteiger charge is 2.20. The SMILES string of the molecule is CCC(CSC)N(C)C(=O)c1ccc(C)cc1N. The molecule has 1 aromatic carbocycles. The van der Waals surface area contributed by atoms with E-state index in [0.717, 1.165) is 17.7 Å². The van der Waals surface area contributed by atoms with Gasteiger partial charge in [-0.1, -0.05) is 13.0 Å². The average Bonchev–Trinajstić information content (AvgIpc) is 2.34. The molecule has 1 rings (SSSR count). The molecular weight excluding hydrogens is 244 g/mol. The summed E-state index contributed by atoms with van der Waals surface area (Å²) in [4.78, 5) is 14.2. The lowest BCUT2D eigenvalue weighted by Gasteiger charge is -2.27. The lowest BCUT2D eigenvalue weighted by molar-refractivity contribution is 0.0744. The van der Waals surface area contributed by atoms with E-state index >= 15 is 0 Å². The molecule has 1 amide bonds. The molecule has 1 aromatic rings. The lowest BCUT2D eigenvalue weighted by Crippen LogP contribution is -2.38. The second-order valence-electron chi connectivity index (χ2n) is 4.52. The number of anilines is 1. The summed E-state index contributed by atoms with van der Waals surface area (Å²) in [5.41, 5.74) is 8.16. The van der Waals surface area contributed by atoms with Crippen LogP contribution in [-0.2, 0) is 0 Å². The highest BCUT2D eigenvalue weighted by molar-refractivity contribution is 7.98. The quantitative estimate of drug-likeness (QED) is 0.834. The van der Waals surface area contributed by atoms with E-state index in [1.807, 2.05) is 32.2 Å². The number of amides is 1. The third-order valence-corrected chi connectivity index (χ3v) is 3.85. The Morgan fingerprint density at radius 1 is 1.50 bits per heavy atom.